The molecule has 0 atom stereocenters. The molecule has 0 aliphatic rings. The third-order valence-electron chi connectivity index (χ3n) is 1.38. The maximum absolute atomic E-state index is 12.8. The first-order chi connectivity index (χ1) is 5.96. The summed E-state index contributed by atoms with van der Waals surface area (Å²) in [5.74, 6) is -6.21. The smallest absolute Gasteiger partial charge is 0.379 e. The van der Waals surface area contributed by atoms with Crippen LogP contribution < -0.4 is 0 Å². The molecule has 0 aromatic carbocycles. The van der Waals surface area contributed by atoms with E-state index in [1.807, 2.05) is 0 Å². The number of halogens is 3. The molecule has 0 saturated heterocycles. The van der Waals surface area contributed by atoms with Gasteiger partial charge in [0.05, 0.1) is 10.6 Å². The normalized spacial score (nSPS) is 11.3. The third kappa shape index (κ3) is 1.75. The van der Waals surface area contributed by atoms with E-state index < -0.39 is 17.5 Å². The van der Waals surface area contributed by atoms with Gasteiger partial charge in [-0.05, 0) is 6.07 Å². The molecule has 0 amide bonds. The van der Waals surface area contributed by atoms with Crippen LogP contribution >= 0.6 is 11.6 Å². The van der Waals surface area contributed by atoms with E-state index in [0.717, 1.165) is 18.5 Å². The Labute approximate surface area is 77.0 Å². The molecule has 1 heterocycles. The lowest BCUT2D eigenvalue weighted by Gasteiger charge is -2.11. The highest BCUT2D eigenvalue weighted by molar-refractivity contribution is 6.31. The monoisotopic (exact) mass is 207 g/mol. The van der Waals surface area contributed by atoms with Gasteiger partial charge in [0.25, 0.3) is 0 Å². The molecule has 0 bridgehead atoms. The Hall–Kier alpha value is -1.23. The number of carboxylic acids is 1. The molecule has 0 unspecified atom stereocenters. The van der Waals surface area contributed by atoms with Crippen molar-refractivity contribution >= 4 is 17.6 Å². The Morgan fingerprint density at radius 1 is 1.62 bits per heavy atom. The van der Waals surface area contributed by atoms with E-state index in [-0.39, 0.29) is 5.02 Å². The van der Waals surface area contributed by atoms with E-state index in [1.165, 1.54) is 0 Å². The predicted molar refractivity (Wildman–Crippen MR) is 40.8 cm³/mol. The molecule has 0 aliphatic carbocycles. The first-order valence-corrected chi connectivity index (χ1v) is 3.55. The molecule has 0 saturated carbocycles. The van der Waals surface area contributed by atoms with Crippen LogP contribution in [0.4, 0.5) is 8.78 Å². The molecule has 6 heteroatoms. The zero-order chi connectivity index (χ0) is 10.1. The van der Waals surface area contributed by atoms with Crippen molar-refractivity contribution in [1.82, 2.24) is 4.98 Å². The standard InChI is InChI=1S/C7H4ClF2NO2/c8-5-3-11-2-1-4(5)7(9,10)6(12)13/h1-3H,(H,12,13). The van der Waals surface area contributed by atoms with Gasteiger partial charge >= 0.3 is 11.9 Å². The van der Waals surface area contributed by atoms with Crippen molar-refractivity contribution in [2.24, 2.45) is 0 Å². The number of aromatic nitrogens is 1. The topological polar surface area (TPSA) is 50.2 Å². The largest absolute Gasteiger partial charge is 0.477 e. The van der Waals surface area contributed by atoms with Gasteiger partial charge < -0.3 is 5.11 Å². The molecule has 3 nitrogen and oxygen atoms in total. The van der Waals surface area contributed by atoms with Crippen LogP contribution in [-0.2, 0) is 10.7 Å². The summed E-state index contributed by atoms with van der Waals surface area (Å²) >= 11 is 5.35. The van der Waals surface area contributed by atoms with Gasteiger partial charge in [-0.3, -0.25) is 4.98 Å². The number of pyridine rings is 1. The van der Waals surface area contributed by atoms with Crippen molar-refractivity contribution in [3.05, 3.63) is 29.0 Å². The summed E-state index contributed by atoms with van der Waals surface area (Å²) < 4.78 is 25.7. The van der Waals surface area contributed by atoms with Gasteiger partial charge in [-0.2, -0.15) is 8.78 Å². The maximum Gasteiger partial charge on any atom is 0.379 e. The van der Waals surface area contributed by atoms with E-state index in [2.05, 4.69) is 4.98 Å². The number of nitrogens with zero attached hydrogens (tertiary/aromatic N) is 1. The van der Waals surface area contributed by atoms with Gasteiger partial charge in [0.15, 0.2) is 0 Å². The molecule has 70 valence electrons. The highest BCUT2D eigenvalue weighted by atomic mass is 35.5. The summed E-state index contributed by atoms with van der Waals surface area (Å²) in [4.78, 5) is 13.6. The van der Waals surface area contributed by atoms with Crippen LogP contribution in [-0.4, -0.2) is 16.1 Å². The van der Waals surface area contributed by atoms with Crippen molar-refractivity contribution in [1.29, 1.82) is 0 Å². The van der Waals surface area contributed by atoms with Crippen molar-refractivity contribution < 1.29 is 18.7 Å². The fourth-order valence-electron chi connectivity index (χ4n) is 0.745. The Bertz CT molecular complexity index is 343. The lowest BCUT2D eigenvalue weighted by molar-refractivity contribution is -0.166. The van der Waals surface area contributed by atoms with E-state index in [9.17, 15) is 13.6 Å². The lowest BCUT2D eigenvalue weighted by atomic mass is 10.1. The summed E-state index contributed by atoms with van der Waals surface area (Å²) in [5.41, 5.74) is -0.753. The second-order valence-corrected chi connectivity index (χ2v) is 2.64. The van der Waals surface area contributed by atoms with E-state index >= 15 is 0 Å². The fraction of sp³-hybridized carbons (Fsp3) is 0.143. The molecule has 1 aromatic heterocycles. The Morgan fingerprint density at radius 2 is 2.23 bits per heavy atom. The van der Waals surface area contributed by atoms with Crippen molar-refractivity contribution in [3.8, 4) is 0 Å². The molecule has 0 spiro atoms. The molecule has 1 aromatic rings. The molecule has 13 heavy (non-hydrogen) atoms. The third-order valence-corrected chi connectivity index (χ3v) is 1.68. The average molecular weight is 208 g/mol. The minimum atomic E-state index is -3.97. The summed E-state index contributed by atoms with van der Waals surface area (Å²) in [6.45, 7) is 0. The number of hydrogen-bond acceptors (Lipinski definition) is 2. The van der Waals surface area contributed by atoms with Gasteiger partial charge in [-0.25, -0.2) is 4.79 Å². The average Bonchev–Trinajstić information content (AvgIpc) is 2.04. The first kappa shape index (κ1) is 9.85. The van der Waals surface area contributed by atoms with Gasteiger partial charge in [-0.15, -0.1) is 0 Å². The van der Waals surface area contributed by atoms with E-state index in [4.69, 9.17) is 16.7 Å². The zero-order valence-electron chi connectivity index (χ0n) is 6.17. The first-order valence-electron chi connectivity index (χ1n) is 3.17. The number of carbonyl (C=O) groups is 1. The summed E-state index contributed by atoms with van der Waals surface area (Å²) in [6, 6.07) is 0.871. The van der Waals surface area contributed by atoms with Crippen LogP contribution in [0.5, 0.6) is 0 Å². The van der Waals surface area contributed by atoms with Gasteiger partial charge in [0, 0.05) is 12.4 Å². The lowest BCUT2D eigenvalue weighted by Crippen LogP contribution is -2.25. The second kappa shape index (κ2) is 3.26. The number of hydrogen-bond donors (Lipinski definition) is 1. The number of alkyl halides is 2. The quantitative estimate of drug-likeness (QED) is 0.806. The second-order valence-electron chi connectivity index (χ2n) is 2.24. The van der Waals surface area contributed by atoms with Crippen molar-refractivity contribution in [2.75, 3.05) is 0 Å². The zero-order valence-corrected chi connectivity index (χ0v) is 6.92. The highest BCUT2D eigenvalue weighted by Gasteiger charge is 2.42. The Morgan fingerprint density at radius 3 is 2.69 bits per heavy atom. The minimum Gasteiger partial charge on any atom is -0.477 e. The predicted octanol–water partition coefficient (Wildman–Crippen LogP) is 1.91. The molecule has 1 N–H and O–H groups in total. The van der Waals surface area contributed by atoms with Crippen LogP contribution in [0, 0.1) is 0 Å². The summed E-state index contributed by atoms with van der Waals surface area (Å²) in [5, 5.41) is 7.82. The number of aliphatic carboxylic acids is 1. The summed E-state index contributed by atoms with van der Waals surface area (Å²) in [6.07, 6.45) is 2.02. The maximum atomic E-state index is 12.8. The van der Waals surface area contributed by atoms with Crippen LogP contribution in [0.25, 0.3) is 0 Å². The number of carboxylic acid groups (broad SMARTS) is 1. The van der Waals surface area contributed by atoms with Crippen LogP contribution in [0.2, 0.25) is 5.02 Å². The molecule has 1 rings (SSSR count). The highest BCUT2D eigenvalue weighted by Crippen LogP contribution is 2.32. The van der Waals surface area contributed by atoms with Gasteiger partial charge in [0.1, 0.15) is 0 Å². The van der Waals surface area contributed by atoms with Crippen LogP contribution in [0.1, 0.15) is 5.56 Å². The van der Waals surface area contributed by atoms with Gasteiger partial charge in [-0.1, -0.05) is 11.6 Å². The Kier molecular flexibility index (Phi) is 2.47. The molecular weight excluding hydrogens is 204 g/mol. The van der Waals surface area contributed by atoms with Crippen molar-refractivity contribution in [3.63, 3.8) is 0 Å². The van der Waals surface area contributed by atoms with Crippen LogP contribution in [0.15, 0.2) is 18.5 Å². The molecular formula is C7H4ClF2NO2. The van der Waals surface area contributed by atoms with Crippen LogP contribution in [0.3, 0.4) is 0 Å². The molecule has 0 aliphatic heterocycles. The summed E-state index contributed by atoms with van der Waals surface area (Å²) in [7, 11) is 0. The van der Waals surface area contributed by atoms with Gasteiger partial charge in [0.2, 0.25) is 0 Å². The van der Waals surface area contributed by atoms with E-state index in [1.54, 1.807) is 0 Å². The fourth-order valence-corrected chi connectivity index (χ4v) is 0.983. The number of rotatable bonds is 2. The Balaban J connectivity index is 3.22. The molecule has 0 radical (unpaired) electrons. The molecule has 0 fully saturated rings. The van der Waals surface area contributed by atoms with Crippen molar-refractivity contribution in [2.45, 2.75) is 5.92 Å². The SMILES string of the molecule is O=C(O)C(F)(F)c1ccncc1Cl. The van der Waals surface area contributed by atoms with E-state index in [0.29, 0.717) is 0 Å². The minimum absolute atomic E-state index is 0.366.